The number of halogens is 3. The van der Waals surface area contributed by atoms with Crippen molar-refractivity contribution in [2.45, 2.75) is 13.8 Å². The zero-order valence-corrected chi connectivity index (χ0v) is 16.6. The molecule has 1 aromatic rings. The van der Waals surface area contributed by atoms with Gasteiger partial charge in [-0.2, -0.15) is 0 Å². The summed E-state index contributed by atoms with van der Waals surface area (Å²) in [6.45, 7) is 5.57. The van der Waals surface area contributed by atoms with Crippen LogP contribution in [0.25, 0.3) is 0 Å². The molecule has 0 radical (unpaired) electrons. The largest absolute Gasteiger partial charge is 0.550 e. The van der Waals surface area contributed by atoms with Crippen LogP contribution in [0.4, 0.5) is 0 Å². The predicted molar refractivity (Wildman–Crippen MR) is 76.3 cm³/mol. The molecule has 1 aromatic carbocycles. The van der Waals surface area contributed by atoms with Gasteiger partial charge in [0.15, 0.2) is 0 Å². The van der Waals surface area contributed by atoms with Gasteiger partial charge < -0.3 is 20.1 Å². The van der Waals surface area contributed by atoms with Crippen molar-refractivity contribution in [3.63, 3.8) is 0 Å². The number of aliphatic carboxylic acids is 2. The van der Waals surface area contributed by atoms with E-state index in [1.807, 2.05) is 0 Å². The SMILES string of the molecule is C=C(C)C(=O)O.CC(=O)[O-].Oc1cc(Cl)c(Cl)cc1Cl.[Zn]. The van der Waals surface area contributed by atoms with Crippen molar-refractivity contribution in [3.8, 4) is 5.75 Å². The van der Waals surface area contributed by atoms with Gasteiger partial charge in [0, 0.05) is 37.1 Å². The maximum Gasteiger partial charge on any atom is 0.330 e. The van der Waals surface area contributed by atoms with Crippen molar-refractivity contribution in [2.24, 2.45) is 0 Å². The molecule has 0 atom stereocenters. The van der Waals surface area contributed by atoms with Crippen LogP contribution < -0.4 is 5.11 Å². The number of aromatic hydroxyl groups is 1. The van der Waals surface area contributed by atoms with Crippen molar-refractivity contribution < 1.29 is 44.4 Å². The van der Waals surface area contributed by atoms with Gasteiger partial charge in [-0.25, -0.2) is 4.79 Å². The van der Waals surface area contributed by atoms with Crippen molar-refractivity contribution in [2.75, 3.05) is 0 Å². The fourth-order valence-electron chi connectivity index (χ4n) is 0.512. The van der Waals surface area contributed by atoms with Gasteiger partial charge in [-0.15, -0.1) is 0 Å². The minimum absolute atomic E-state index is 0. The topological polar surface area (TPSA) is 97.7 Å². The molecule has 5 nitrogen and oxygen atoms in total. The van der Waals surface area contributed by atoms with Crippen LogP contribution in [0.2, 0.25) is 15.1 Å². The van der Waals surface area contributed by atoms with Gasteiger partial charge in [-0.05, 0) is 19.9 Å². The van der Waals surface area contributed by atoms with Crippen molar-refractivity contribution >= 4 is 46.7 Å². The number of hydrogen-bond acceptors (Lipinski definition) is 4. The van der Waals surface area contributed by atoms with Crippen LogP contribution >= 0.6 is 34.8 Å². The number of hydrogen-bond donors (Lipinski definition) is 2. The molecule has 0 spiro atoms. The Morgan fingerprint density at radius 3 is 1.62 bits per heavy atom. The van der Waals surface area contributed by atoms with E-state index in [1.54, 1.807) is 0 Å². The first kappa shape index (κ1) is 25.2. The molecule has 0 aliphatic heterocycles. The molecule has 1 rings (SSSR count). The number of carboxylic acid groups (broad SMARTS) is 2. The molecule has 0 aromatic heterocycles. The summed E-state index contributed by atoms with van der Waals surface area (Å²) in [4.78, 5) is 18.5. The van der Waals surface area contributed by atoms with Crippen LogP contribution in [0, 0.1) is 0 Å². The van der Waals surface area contributed by atoms with Crippen LogP contribution in [-0.2, 0) is 29.1 Å². The Labute approximate surface area is 149 Å². The number of phenolic OH excluding ortho intramolecular Hbond substituents is 1. The van der Waals surface area contributed by atoms with Crippen molar-refractivity contribution in [1.29, 1.82) is 0 Å². The summed E-state index contributed by atoms with van der Waals surface area (Å²) in [5.41, 5.74) is 0.176. The van der Waals surface area contributed by atoms with E-state index >= 15 is 0 Å². The molecular weight excluding hydrogens is 396 g/mol. The number of rotatable bonds is 1. The van der Waals surface area contributed by atoms with Crippen LogP contribution in [0.15, 0.2) is 24.3 Å². The molecule has 0 heterocycles. The summed E-state index contributed by atoms with van der Waals surface area (Å²) >= 11 is 16.6. The monoisotopic (exact) mass is 405 g/mol. The molecule has 0 aliphatic carbocycles. The molecule has 0 bridgehead atoms. The van der Waals surface area contributed by atoms with Crippen LogP contribution in [0.5, 0.6) is 5.75 Å². The zero-order chi connectivity index (χ0) is 16.5. The summed E-state index contributed by atoms with van der Waals surface area (Å²) in [6, 6.07) is 2.69. The molecule has 21 heavy (non-hydrogen) atoms. The second kappa shape index (κ2) is 12.9. The summed E-state index contributed by atoms with van der Waals surface area (Å²) < 4.78 is 0. The third kappa shape index (κ3) is 15.4. The van der Waals surface area contributed by atoms with Crippen molar-refractivity contribution in [1.82, 2.24) is 0 Å². The van der Waals surface area contributed by atoms with E-state index in [2.05, 4.69) is 6.58 Å². The maximum absolute atomic E-state index is 9.60. The quantitative estimate of drug-likeness (QED) is 0.423. The fourth-order valence-corrected chi connectivity index (χ4v) is 1.05. The summed E-state index contributed by atoms with van der Waals surface area (Å²) in [5, 5.41) is 26.6. The molecule has 0 saturated carbocycles. The first-order valence-electron chi connectivity index (χ1n) is 4.88. The second-order valence-electron chi connectivity index (χ2n) is 3.29. The average molecular weight is 408 g/mol. The molecule has 0 saturated heterocycles. The Bertz CT molecular complexity index is 440. The van der Waals surface area contributed by atoms with E-state index in [4.69, 9.17) is 54.9 Å². The second-order valence-corrected chi connectivity index (χ2v) is 4.52. The average Bonchev–Trinajstić information content (AvgIpc) is 2.26. The third-order valence-corrected chi connectivity index (χ3v) is 2.38. The molecule has 2 N–H and O–H groups in total. The summed E-state index contributed by atoms with van der Waals surface area (Å²) in [6.07, 6.45) is 0. The van der Waals surface area contributed by atoms with E-state index in [-0.39, 0.29) is 35.8 Å². The first-order chi connectivity index (χ1) is 8.98. The Balaban J connectivity index is -0.000000255. The van der Waals surface area contributed by atoms with Gasteiger partial charge in [0.05, 0.1) is 15.1 Å². The predicted octanol–water partition coefficient (Wildman–Crippen LogP) is 2.75. The minimum Gasteiger partial charge on any atom is -0.550 e. The summed E-state index contributed by atoms with van der Waals surface area (Å²) in [7, 11) is 0. The van der Waals surface area contributed by atoms with Gasteiger partial charge in [-0.3, -0.25) is 0 Å². The summed E-state index contributed by atoms with van der Waals surface area (Å²) in [5.74, 6) is -2.08. The van der Waals surface area contributed by atoms with Gasteiger partial charge in [0.2, 0.25) is 0 Å². The minimum atomic E-state index is -1.08. The Hall–Kier alpha value is -0.807. The molecule has 0 unspecified atom stereocenters. The smallest absolute Gasteiger partial charge is 0.330 e. The molecule has 9 heteroatoms. The van der Waals surface area contributed by atoms with Crippen LogP contribution in [0.1, 0.15) is 13.8 Å². The van der Waals surface area contributed by atoms with Crippen molar-refractivity contribution in [3.05, 3.63) is 39.4 Å². The van der Waals surface area contributed by atoms with Gasteiger partial charge in [0.25, 0.3) is 0 Å². The number of carbonyl (C=O) groups is 2. The van der Waals surface area contributed by atoms with Crippen LogP contribution in [0.3, 0.4) is 0 Å². The number of benzene rings is 1. The normalized spacial score (nSPS) is 8.05. The van der Waals surface area contributed by atoms with E-state index in [9.17, 15) is 4.79 Å². The fraction of sp³-hybridized carbons (Fsp3) is 0.167. The van der Waals surface area contributed by atoms with Gasteiger partial charge in [0.1, 0.15) is 5.75 Å². The Morgan fingerprint density at radius 1 is 1.10 bits per heavy atom. The van der Waals surface area contributed by atoms with Gasteiger partial charge >= 0.3 is 5.97 Å². The molecule has 0 fully saturated rings. The Morgan fingerprint density at radius 2 is 1.38 bits per heavy atom. The molecule has 0 aliphatic rings. The number of carboxylic acids is 2. The standard InChI is InChI=1S/C6H3Cl3O.C4H6O2.C2H4O2.Zn/c7-3-1-5(9)6(10)2-4(3)8;1-3(2)4(5)6;1-2(3)4;/h1-2,10H;1H2,2H3,(H,5,6);1H3,(H,3,4);/p-1. The Kier molecular flexibility index (Phi) is 15.5. The maximum atomic E-state index is 9.60. The molecule has 0 amide bonds. The van der Waals surface area contributed by atoms with E-state index < -0.39 is 11.9 Å². The molecule has 114 valence electrons. The van der Waals surface area contributed by atoms with Gasteiger partial charge in [-0.1, -0.05) is 41.4 Å². The number of phenols is 1. The van der Waals surface area contributed by atoms with E-state index in [1.165, 1.54) is 19.1 Å². The molecular formula is C12H12Cl3O5Zn-. The van der Waals surface area contributed by atoms with E-state index in [0.717, 1.165) is 6.92 Å². The zero-order valence-electron chi connectivity index (χ0n) is 11.3. The third-order valence-electron chi connectivity index (χ3n) is 1.35. The van der Waals surface area contributed by atoms with E-state index in [0.29, 0.717) is 10.0 Å². The first-order valence-corrected chi connectivity index (χ1v) is 6.02. The van der Waals surface area contributed by atoms with Crippen LogP contribution in [-0.4, -0.2) is 22.2 Å². The number of carbonyl (C=O) groups excluding carboxylic acids is 1.